The van der Waals surface area contributed by atoms with Crippen LogP contribution in [0.25, 0.3) is 0 Å². The number of aromatic nitrogens is 3. The summed E-state index contributed by atoms with van der Waals surface area (Å²) in [6.07, 6.45) is 2.99. The van der Waals surface area contributed by atoms with Gasteiger partial charge in [-0.1, -0.05) is 13.8 Å². The average molecular weight is 221 g/mol. The van der Waals surface area contributed by atoms with Crippen LogP contribution in [0, 0.1) is 5.41 Å². The molecule has 0 bridgehead atoms. The van der Waals surface area contributed by atoms with Crippen LogP contribution in [0.1, 0.15) is 26.7 Å². The number of ketones is 1. The maximum absolute atomic E-state index is 11.5. The van der Waals surface area contributed by atoms with Gasteiger partial charge in [0.25, 0.3) is 0 Å². The predicted octanol–water partition coefficient (Wildman–Crippen LogP) is 1.07. The Kier molecular flexibility index (Phi) is 2.41. The lowest BCUT2D eigenvalue weighted by Crippen LogP contribution is -2.24. The first kappa shape index (κ1) is 10.7. The van der Waals surface area contributed by atoms with E-state index in [1.54, 1.807) is 6.08 Å². The Hall–Kier alpha value is -1.85. The molecule has 1 aromatic heterocycles. The van der Waals surface area contributed by atoms with Crippen LogP contribution in [0.5, 0.6) is 0 Å². The Bertz CT molecular complexity index is 446. The Morgan fingerprint density at radius 2 is 2.25 bits per heavy atom. The van der Waals surface area contributed by atoms with E-state index in [1.807, 2.05) is 0 Å². The number of carbonyl (C=O) groups is 1. The highest BCUT2D eigenvalue weighted by Crippen LogP contribution is 2.33. The van der Waals surface area contributed by atoms with Gasteiger partial charge in [0.1, 0.15) is 0 Å². The number of hydrogen-bond acceptors (Lipinski definition) is 5. The highest BCUT2D eigenvalue weighted by Gasteiger charge is 2.27. The molecule has 0 radical (unpaired) electrons. The van der Waals surface area contributed by atoms with Gasteiger partial charge in [0.15, 0.2) is 5.78 Å². The van der Waals surface area contributed by atoms with Gasteiger partial charge < -0.3 is 11.1 Å². The number of nitrogens with zero attached hydrogens (tertiary/aromatic N) is 2. The lowest BCUT2D eigenvalue weighted by atomic mass is 9.79. The molecular formula is C10H15N5O. The predicted molar refractivity (Wildman–Crippen MR) is 60.5 cm³/mol. The van der Waals surface area contributed by atoms with Gasteiger partial charge in [-0.15, -0.1) is 5.10 Å². The number of carbonyl (C=O) groups excluding carboxylic acids is 1. The van der Waals surface area contributed by atoms with Crippen molar-refractivity contribution in [3.05, 3.63) is 11.8 Å². The van der Waals surface area contributed by atoms with Crippen molar-refractivity contribution in [1.82, 2.24) is 15.2 Å². The molecule has 1 heterocycles. The number of nitrogens with one attached hydrogen (secondary N) is 2. The van der Waals surface area contributed by atoms with Crippen LogP contribution >= 0.6 is 0 Å². The van der Waals surface area contributed by atoms with Gasteiger partial charge in [0, 0.05) is 18.2 Å². The molecule has 1 aliphatic rings. The molecule has 0 amide bonds. The molecule has 0 unspecified atom stereocenters. The van der Waals surface area contributed by atoms with Gasteiger partial charge in [-0.05, 0) is 11.8 Å². The molecule has 1 aromatic rings. The van der Waals surface area contributed by atoms with E-state index in [-0.39, 0.29) is 17.1 Å². The van der Waals surface area contributed by atoms with Crippen molar-refractivity contribution in [2.75, 3.05) is 11.1 Å². The molecule has 6 heteroatoms. The number of nitrogen functional groups attached to an aromatic ring is 1. The smallest absolute Gasteiger partial charge is 0.247 e. The van der Waals surface area contributed by atoms with Crippen molar-refractivity contribution in [3.8, 4) is 0 Å². The molecule has 0 saturated heterocycles. The van der Waals surface area contributed by atoms with E-state index >= 15 is 0 Å². The normalized spacial score (nSPS) is 19.4. The minimum absolute atomic E-state index is 0.0178. The van der Waals surface area contributed by atoms with Crippen molar-refractivity contribution < 1.29 is 4.79 Å². The first-order chi connectivity index (χ1) is 7.44. The largest absolute Gasteiger partial charge is 0.368 e. The van der Waals surface area contributed by atoms with Crippen molar-refractivity contribution in [1.29, 1.82) is 0 Å². The first-order valence-electron chi connectivity index (χ1n) is 5.13. The Morgan fingerprint density at radius 3 is 2.81 bits per heavy atom. The second kappa shape index (κ2) is 3.62. The summed E-state index contributed by atoms with van der Waals surface area (Å²) in [6.45, 7) is 4.12. The Morgan fingerprint density at radius 1 is 1.50 bits per heavy atom. The molecule has 86 valence electrons. The number of allylic oxidation sites excluding steroid dienone is 2. The standard InChI is InChI=1S/C10H15N5O/c1-10(2)4-6(3-7(16)5-10)12-9-13-8(11)14-15-9/h3H,4-5H2,1-2H3,(H4,11,12,13,14,15). The third-order valence-corrected chi connectivity index (χ3v) is 2.43. The van der Waals surface area contributed by atoms with E-state index in [0.29, 0.717) is 12.4 Å². The molecule has 0 spiro atoms. The van der Waals surface area contributed by atoms with Gasteiger partial charge in [0.05, 0.1) is 0 Å². The topological polar surface area (TPSA) is 96.7 Å². The van der Waals surface area contributed by atoms with Gasteiger partial charge in [0.2, 0.25) is 11.9 Å². The van der Waals surface area contributed by atoms with Crippen LogP contribution in [-0.2, 0) is 4.79 Å². The highest BCUT2D eigenvalue weighted by molar-refractivity contribution is 5.92. The van der Waals surface area contributed by atoms with Crippen LogP contribution in [0.3, 0.4) is 0 Å². The van der Waals surface area contributed by atoms with Gasteiger partial charge in [-0.25, -0.2) is 5.10 Å². The molecule has 16 heavy (non-hydrogen) atoms. The number of H-pyrrole nitrogens is 1. The number of rotatable bonds is 2. The molecule has 6 nitrogen and oxygen atoms in total. The quantitative estimate of drug-likeness (QED) is 0.694. The van der Waals surface area contributed by atoms with Crippen molar-refractivity contribution in [2.24, 2.45) is 5.41 Å². The Balaban J connectivity index is 2.13. The number of aromatic amines is 1. The fraction of sp³-hybridized carbons (Fsp3) is 0.500. The SMILES string of the molecule is CC1(C)CC(=O)C=C(Nc2n[nH]c(N)n2)C1. The van der Waals surface area contributed by atoms with Crippen molar-refractivity contribution >= 4 is 17.7 Å². The Labute approximate surface area is 93.3 Å². The van der Waals surface area contributed by atoms with Crippen LogP contribution in [0.15, 0.2) is 11.8 Å². The zero-order valence-electron chi connectivity index (χ0n) is 9.37. The van der Waals surface area contributed by atoms with E-state index in [9.17, 15) is 4.79 Å². The van der Waals surface area contributed by atoms with Crippen LogP contribution < -0.4 is 11.1 Å². The molecular weight excluding hydrogens is 206 g/mol. The number of hydrogen-bond donors (Lipinski definition) is 3. The van der Waals surface area contributed by atoms with Gasteiger partial charge >= 0.3 is 0 Å². The summed E-state index contributed by atoms with van der Waals surface area (Å²) < 4.78 is 0. The summed E-state index contributed by atoms with van der Waals surface area (Å²) in [4.78, 5) is 15.4. The summed E-state index contributed by atoms with van der Waals surface area (Å²) in [7, 11) is 0. The minimum Gasteiger partial charge on any atom is -0.368 e. The second-order valence-electron chi connectivity index (χ2n) is 4.82. The molecule has 2 rings (SSSR count). The van der Waals surface area contributed by atoms with E-state index in [1.165, 1.54) is 0 Å². The van der Waals surface area contributed by atoms with Crippen LogP contribution in [-0.4, -0.2) is 21.0 Å². The summed E-state index contributed by atoms with van der Waals surface area (Å²) >= 11 is 0. The number of nitrogens with two attached hydrogens (primary N) is 1. The first-order valence-corrected chi connectivity index (χ1v) is 5.13. The van der Waals surface area contributed by atoms with Gasteiger partial charge in [-0.3, -0.25) is 4.79 Å². The van der Waals surface area contributed by atoms with E-state index < -0.39 is 0 Å². The number of anilines is 2. The van der Waals surface area contributed by atoms with Crippen LogP contribution in [0.4, 0.5) is 11.9 Å². The summed E-state index contributed by atoms with van der Waals surface area (Å²) in [5, 5.41) is 9.38. The second-order valence-corrected chi connectivity index (χ2v) is 4.82. The fourth-order valence-corrected chi connectivity index (χ4v) is 1.90. The highest BCUT2D eigenvalue weighted by atomic mass is 16.1. The third-order valence-electron chi connectivity index (χ3n) is 2.43. The zero-order chi connectivity index (χ0) is 11.8. The average Bonchev–Trinajstić information content (AvgIpc) is 2.46. The fourth-order valence-electron chi connectivity index (χ4n) is 1.90. The monoisotopic (exact) mass is 221 g/mol. The van der Waals surface area contributed by atoms with Crippen molar-refractivity contribution in [3.63, 3.8) is 0 Å². The van der Waals surface area contributed by atoms with E-state index in [2.05, 4.69) is 34.3 Å². The minimum atomic E-state index is -0.0178. The molecule has 4 N–H and O–H groups in total. The van der Waals surface area contributed by atoms with Crippen molar-refractivity contribution in [2.45, 2.75) is 26.7 Å². The molecule has 0 aliphatic heterocycles. The molecule has 1 aliphatic carbocycles. The third kappa shape index (κ3) is 2.39. The lowest BCUT2D eigenvalue weighted by molar-refractivity contribution is -0.117. The molecule has 0 fully saturated rings. The van der Waals surface area contributed by atoms with E-state index in [4.69, 9.17) is 5.73 Å². The maximum atomic E-state index is 11.5. The lowest BCUT2D eigenvalue weighted by Gasteiger charge is -2.28. The van der Waals surface area contributed by atoms with Gasteiger partial charge in [-0.2, -0.15) is 4.98 Å². The summed E-state index contributed by atoms with van der Waals surface area (Å²) in [5.41, 5.74) is 6.22. The van der Waals surface area contributed by atoms with Crippen LogP contribution in [0.2, 0.25) is 0 Å². The molecule has 0 saturated carbocycles. The van der Waals surface area contributed by atoms with E-state index in [0.717, 1.165) is 12.1 Å². The zero-order valence-corrected chi connectivity index (χ0v) is 9.37. The summed E-state index contributed by atoms with van der Waals surface area (Å²) in [6, 6.07) is 0. The molecule has 0 aromatic carbocycles. The molecule has 0 atom stereocenters. The summed E-state index contributed by atoms with van der Waals surface area (Å²) in [5.74, 6) is 0.779. The maximum Gasteiger partial charge on any atom is 0.247 e.